The summed E-state index contributed by atoms with van der Waals surface area (Å²) < 4.78 is 5.59. The molecule has 7 nitrogen and oxygen atoms in total. The zero-order valence-corrected chi connectivity index (χ0v) is 25.0. The first-order valence-electron chi connectivity index (χ1n) is 13.7. The molecular weight excluding hydrogens is 561 g/mol. The van der Waals surface area contributed by atoms with E-state index in [1.165, 1.54) is 24.8 Å². The predicted molar refractivity (Wildman–Crippen MR) is 162 cm³/mol. The van der Waals surface area contributed by atoms with Gasteiger partial charge in [0.2, 0.25) is 5.91 Å². The highest BCUT2D eigenvalue weighted by Crippen LogP contribution is 2.61. The lowest BCUT2D eigenvalue weighted by Gasteiger charge is -2.42. The molecule has 3 aliphatic heterocycles. The predicted octanol–water partition coefficient (Wildman–Crippen LogP) is 6.64. The number of methoxy groups -OCH3 is 1. The Hall–Kier alpha value is -3.26. The van der Waals surface area contributed by atoms with Crippen molar-refractivity contribution in [3.63, 3.8) is 0 Å². The van der Waals surface area contributed by atoms with Gasteiger partial charge in [0.05, 0.1) is 31.1 Å². The molecule has 0 saturated carbocycles. The van der Waals surface area contributed by atoms with Crippen molar-refractivity contribution in [3.8, 4) is 5.75 Å². The van der Waals surface area contributed by atoms with Crippen LogP contribution in [0.4, 0.5) is 11.4 Å². The molecule has 6 rings (SSSR count). The summed E-state index contributed by atoms with van der Waals surface area (Å²) in [5.74, 6) is -0.911. The number of hydrogen-bond donors (Lipinski definition) is 2. The smallest absolute Gasteiger partial charge is 0.335 e. The maximum Gasteiger partial charge on any atom is 0.335 e. The summed E-state index contributed by atoms with van der Waals surface area (Å²) in [5.41, 5.74) is 3.48. The van der Waals surface area contributed by atoms with Crippen molar-refractivity contribution in [2.45, 2.75) is 50.6 Å². The number of aromatic carboxylic acids is 1. The van der Waals surface area contributed by atoms with Crippen LogP contribution in [0.3, 0.4) is 0 Å². The zero-order valence-electron chi connectivity index (χ0n) is 23.4. The molecule has 9 heteroatoms. The van der Waals surface area contributed by atoms with E-state index < -0.39 is 17.4 Å². The molecule has 4 atom stereocenters. The van der Waals surface area contributed by atoms with E-state index in [9.17, 15) is 14.7 Å². The van der Waals surface area contributed by atoms with E-state index in [2.05, 4.69) is 37.1 Å². The Kier molecular flexibility index (Phi) is 6.76. The number of hydrogen-bond acceptors (Lipinski definition) is 5. The third-order valence-electron chi connectivity index (χ3n) is 8.85. The summed E-state index contributed by atoms with van der Waals surface area (Å²) in [4.78, 5) is 30.3. The van der Waals surface area contributed by atoms with Crippen molar-refractivity contribution >= 4 is 46.5 Å². The first-order valence-corrected chi connectivity index (χ1v) is 14.5. The van der Waals surface area contributed by atoms with E-state index >= 15 is 0 Å². The summed E-state index contributed by atoms with van der Waals surface area (Å²) >= 11 is 12.7. The largest absolute Gasteiger partial charge is 0.495 e. The highest BCUT2D eigenvalue weighted by atomic mass is 35.5. The van der Waals surface area contributed by atoms with Crippen LogP contribution in [0.5, 0.6) is 5.75 Å². The third kappa shape index (κ3) is 4.46. The molecule has 3 aromatic rings. The van der Waals surface area contributed by atoms with Gasteiger partial charge in [-0.15, -0.1) is 0 Å². The SMILES string of the molecule is COc1cc(C(=O)O)ccc1N1CN2[C@@H](CC(C)(C)C)[C@@]3(CNc4cc(Cl)ccc43)[C@@H](c3ccc(Cl)cc3)[C@@H]2C1=O. The number of carbonyl (C=O) groups excluding carboxylic acids is 1. The Balaban J connectivity index is 1.54. The van der Waals surface area contributed by atoms with Gasteiger partial charge in [0, 0.05) is 39.7 Å². The summed E-state index contributed by atoms with van der Waals surface area (Å²) in [6, 6.07) is 18.1. The molecule has 2 fully saturated rings. The molecule has 3 aromatic carbocycles. The molecule has 3 aliphatic rings. The Morgan fingerprint density at radius 1 is 1.07 bits per heavy atom. The highest BCUT2D eigenvalue weighted by Gasteiger charge is 2.67. The number of rotatable bonds is 5. The number of nitrogens with zero attached hydrogens (tertiary/aromatic N) is 2. The fraction of sp³-hybridized carbons (Fsp3) is 0.375. The molecule has 0 aromatic heterocycles. The lowest BCUT2D eigenvalue weighted by atomic mass is 9.63. The van der Waals surface area contributed by atoms with Crippen molar-refractivity contribution in [3.05, 3.63) is 87.4 Å². The molecule has 0 radical (unpaired) electrons. The van der Waals surface area contributed by atoms with Gasteiger partial charge in [0.25, 0.3) is 0 Å². The molecule has 0 unspecified atom stereocenters. The molecule has 2 saturated heterocycles. The fourth-order valence-electron chi connectivity index (χ4n) is 7.27. The Labute approximate surface area is 250 Å². The number of carboxylic acids is 1. The molecule has 41 heavy (non-hydrogen) atoms. The van der Waals surface area contributed by atoms with Gasteiger partial charge in [0.15, 0.2) is 0 Å². The quantitative estimate of drug-likeness (QED) is 0.345. The number of fused-ring (bicyclic) bond motifs is 3. The zero-order chi connectivity index (χ0) is 29.3. The molecular formula is C32H33Cl2N3O4. The van der Waals surface area contributed by atoms with Crippen LogP contribution in [-0.2, 0) is 10.2 Å². The number of ether oxygens (including phenoxy) is 1. The van der Waals surface area contributed by atoms with E-state index in [-0.39, 0.29) is 28.8 Å². The number of benzene rings is 3. The number of carbonyl (C=O) groups is 2. The maximum absolute atomic E-state index is 14.6. The van der Waals surface area contributed by atoms with Crippen LogP contribution in [0.25, 0.3) is 0 Å². The van der Waals surface area contributed by atoms with Crippen LogP contribution in [-0.4, -0.2) is 54.3 Å². The number of carboxylic acid groups (broad SMARTS) is 1. The van der Waals surface area contributed by atoms with E-state index in [0.29, 0.717) is 34.7 Å². The lowest BCUT2D eigenvalue weighted by Crippen LogP contribution is -2.49. The van der Waals surface area contributed by atoms with Crippen molar-refractivity contribution in [1.82, 2.24) is 4.90 Å². The number of amides is 1. The lowest BCUT2D eigenvalue weighted by molar-refractivity contribution is -0.119. The fourth-order valence-corrected chi connectivity index (χ4v) is 7.57. The van der Waals surface area contributed by atoms with Crippen LogP contribution < -0.4 is 15.0 Å². The van der Waals surface area contributed by atoms with E-state index in [1.807, 2.05) is 36.4 Å². The monoisotopic (exact) mass is 593 g/mol. The second-order valence-corrected chi connectivity index (χ2v) is 13.3. The van der Waals surface area contributed by atoms with Gasteiger partial charge in [-0.25, -0.2) is 4.79 Å². The summed E-state index contributed by atoms with van der Waals surface area (Å²) in [6.45, 7) is 7.74. The van der Waals surface area contributed by atoms with E-state index in [0.717, 1.165) is 17.7 Å². The van der Waals surface area contributed by atoms with Gasteiger partial charge in [-0.3, -0.25) is 14.6 Å². The minimum absolute atomic E-state index is 0.0151. The average molecular weight is 595 g/mol. The minimum Gasteiger partial charge on any atom is -0.495 e. The first-order chi connectivity index (χ1) is 19.4. The van der Waals surface area contributed by atoms with Crippen LogP contribution in [0.1, 0.15) is 54.6 Å². The van der Waals surface area contributed by atoms with Crippen molar-refractivity contribution in [2.75, 3.05) is 30.5 Å². The van der Waals surface area contributed by atoms with Gasteiger partial charge in [-0.1, -0.05) is 62.2 Å². The molecule has 1 spiro atoms. The highest BCUT2D eigenvalue weighted by molar-refractivity contribution is 6.31. The summed E-state index contributed by atoms with van der Waals surface area (Å²) in [7, 11) is 1.49. The number of anilines is 2. The molecule has 1 amide bonds. The number of halogens is 2. The van der Waals surface area contributed by atoms with Gasteiger partial charge in [0.1, 0.15) is 5.75 Å². The van der Waals surface area contributed by atoms with Crippen molar-refractivity contribution in [2.24, 2.45) is 5.41 Å². The average Bonchev–Trinajstić information content (AvgIpc) is 3.54. The Morgan fingerprint density at radius 3 is 2.44 bits per heavy atom. The summed E-state index contributed by atoms with van der Waals surface area (Å²) in [5, 5.41) is 14.5. The first kappa shape index (κ1) is 27.9. The standard InChI is InChI=1S/C32H33Cl2N3O4/c1-31(2,3)15-26-32(16-35-23-14-21(34)10-11-22(23)32)27(18-5-8-20(33)9-6-18)28-29(38)36(17-37(26)28)24-12-7-19(30(39)40)13-25(24)41-4/h5-14,26-28,35H,15-17H2,1-4H3,(H,39,40)/t26-,27-,28+,32-/m0/s1. The topological polar surface area (TPSA) is 82.1 Å². The Bertz CT molecular complexity index is 1540. The van der Waals surface area contributed by atoms with Gasteiger partial charge in [-0.2, -0.15) is 0 Å². The van der Waals surface area contributed by atoms with E-state index in [1.54, 1.807) is 11.0 Å². The Morgan fingerprint density at radius 2 is 1.78 bits per heavy atom. The second-order valence-electron chi connectivity index (χ2n) is 12.5. The van der Waals surface area contributed by atoms with Crippen LogP contribution in [0.15, 0.2) is 60.7 Å². The maximum atomic E-state index is 14.6. The molecule has 0 bridgehead atoms. The number of nitrogens with one attached hydrogen (secondary N) is 1. The summed E-state index contributed by atoms with van der Waals surface area (Å²) in [6.07, 6.45) is 0.855. The van der Waals surface area contributed by atoms with E-state index in [4.69, 9.17) is 27.9 Å². The normalized spacial score (nSPS) is 25.4. The second kappa shape index (κ2) is 9.93. The minimum atomic E-state index is -1.05. The van der Waals surface area contributed by atoms with Gasteiger partial charge < -0.3 is 15.2 Å². The molecule has 0 aliphatic carbocycles. The van der Waals surface area contributed by atoms with Crippen molar-refractivity contribution < 1.29 is 19.4 Å². The van der Waals surface area contributed by atoms with Crippen molar-refractivity contribution in [1.29, 1.82) is 0 Å². The van der Waals surface area contributed by atoms with Gasteiger partial charge >= 0.3 is 5.97 Å². The van der Waals surface area contributed by atoms with Crippen LogP contribution >= 0.6 is 23.2 Å². The molecule has 2 N–H and O–H groups in total. The van der Waals surface area contributed by atoms with Crippen LogP contribution in [0, 0.1) is 5.41 Å². The third-order valence-corrected chi connectivity index (χ3v) is 9.34. The molecule has 214 valence electrons. The van der Waals surface area contributed by atoms with Crippen LogP contribution in [0.2, 0.25) is 10.0 Å². The molecule has 3 heterocycles. The van der Waals surface area contributed by atoms with Gasteiger partial charge in [-0.05, 0) is 65.4 Å².